The van der Waals surface area contributed by atoms with Crippen molar-refractivity contribution in [3.8, 4) is 0 Å². The number of pyridine rings is 1. The molecule has 0 spiro atoms. The van der Waals surface area contributed by atoms with E-state index < -0.39 is 35.5 Å². The Labute approximate surface area is 177 Å². The fraction of sp³-hybridized carbons (Fsp3) is 0.350. The fourth-order valence-corrected chi connectivity index (χ4v) is 3.62. The molecule has 1 aromatic carbocycles. The van der Waals surface area contributed by atoms with Gasteiger partial charge in [-0.3, -0.25) is 4.79 Å². The van der Waals surface area contributed by atoms with Crippen LogP contribution in [0.1, 0.15) is 35.2 Å². The van der Waals surface area contributed by atoms with E-state index in [4.69, 9.17) is 16.9 Å². The minimum absolute atomic E-state index is 0.138. The zero-order valence-corrected chi connectivity index (χ0v) is 16.8. The van der Waals surface area contributed by atoms with Crippen LogP contribution in [0.15, 0.2) is 24.3 Å². The van der Waals surface area contributed by atoms with E-state index in [9.17, 15) is 18.0 Å². The number of nitrogens with zero attached hydrogens (tertiary/aromatic N) is 1. The summed E-state index contributed by atoms with van der Waals surface area (Å²) >= 11 is 0. The molecule has 2 atom stereocenters. The number of nitrogens with two attached hydrogens (primary N) is 2. The molecule has 166 valence electrons. The molecule has 0 bridgehead atoms. The molecular formula is C20H24F3N7O. The number of hydrogen-bond acceptors (Lipinski definition) is 7. The van der Waals surface area contributed by atoms with Gasteiger partial charge in [0.05, 0.1) is 11.3 Å². The molecule has 8 nitrogen and oxygen atoms in total. The minimum atomic E-state index is -3.14. The van der Waals surface area contributed by atoms with Crippen LogP contribution in [0.3, 0.4) is 0 Å². The third kappa shape index (κ3) is 4.55. The van der Waals surface area contributed by atoms with E-state index in [0.29, 0.717) is 23.4 Å². The van der Waals surface area contributed by atoms with Gasteiger partial charge in [-0.2, -0.15) is 0 Å². The molecule has 1 heterocycles. The van der Waals surface area contributed by atoms with Crippen molar-refractivity contribution >= 4 is 35.1 Å². The highest BCUT2D eigenvalue weighted by Crippen LogP contribution is 2.36. The minimum Gasteiger partial charge on any atom is -0.388 e. The van der Waals surface area contributed by atoms with Crippen LogP contribution in [0.2, 0.25) is 0 Å². The molecule has 1 saturated carbocycles. The lowest BCUT2D eigenvalue weighted by molar-refractivity contribution is -0.0512. The first kappa shape index (κ1) is 22.3. The summed E-state index contributed by atoms with van der Waals surface area (Å²) in [7, 11) is 1.67. The molecule has 1 aliphatic rings. The van der Waals surface area contributed by atoms with Crippen molar-refractivity contribution in [2.45, 2.75) is 37.3 Å². The van der Waals surface area contributed by atoms with Crippen molar-refractivity contribution in [2.75, 3.05) is 23.0 Å². The van der Waals surface area contributed by atoms with Crippen molar-refractivity contribution < 1.29 is 18.0 Å². The van der Waals surface area contributed by atoms with Gasteiger partial charge in [0.25, 0.3) is 11.8 Å². The zero-order chi connectivity index (χ0) is 22.8. The summed E-state index contributed by atoms with van der Waals surface area (Å²) < 4.78 is 43.4. The second-order valence-corrected chi connectivity index (χ2v) is 7.30. The first-order chi connectivity index (χ1) is 14.7. The highest BCUT2D eigenvalue weighted by atomic mass is 19.3. The van der Waals surface area contributed by atoms with Gasteiger partial charge < -0.3 is 32.8 Å². The zero-order valence-electron chi connectivity index (χ0n) is 16.8. The predicted molar refractivity (Wildman–Crippen MR) is 114 cm³/mol. The summed E-state index contributed by atoms with van der Waals surface area (Å²) in [5.74, 6) is -5.72. The van der Waals surface area contributed by atoms with Crippen LogP contribution in [0.4, 0.5) is 36.2 Å². The van der Waals surface area contributed by atoms with Crippen molar-refractivity contribution in [3.63, 3.8) is 0 Å². The van der Waals surface area contributed by atoms with Crippen LogP contribution >= 0.6 is 0 Å². The Kier molecular flexibility index (Phi) is 6.34. The third-order valence-electron chi connectivity index (χ3n) is 5.24. The number of carbonyl (C=O) groups excluding carboxylic acids is 1. The molecule has 31 heavy (non-hydrogen) atoms. The lowest BCUT2D eigenvalue weighted by atomic mass is 9.87. The molecule has 1 amide bonds. The molecule has 1 aromatic heterocycles. The van der Waals surface area contributed by atoms with Gasteiger partial charge in [0.1, 0.15) is 11.9 Å². The summed E-state index contributed by atoms with van der Waals surface area (Å²) in [4.78, 5) is 15.9. The van der Waals surface area contributed by atoms with Gasteiger partial charge in [0, 0.05) is 37.0 Å². The van der Waals surface area contributed by atoms with Crippen molar-refractivity contribution in [2.24, 2.45) is 11.5 Å². The SMILES string of the molecule is CNc1cccc(Nc2nc(N[C@H]3[C@@H](N)CCCC3(F)F)c(F)cc2C(N)=O)c1C=N. The maximum absolute atomic E-state index is 14.6. The standard InChI is InChI=1S/C20H24F3N7O/c1-27-14-5-2-6-15(11(14)9-24)28-18-10(17(26)31)8-12(21)19(30-18)29-16-13(25)4-3-7-20(16,22)23/h2,5-6,8-9,13,16,24,27H,3-4,7,25H2,1H3,(H2,26,31)(H2,28,29,30)/t13-,16-/m0/s1. The second kappa shape index (κ2) is 8.80. The van der Waals surface area contributed by atoms with E-state index in [1.807, 2.05) is 0 Å². The monoisotopic (exact) mass is 435 g/mol. The Balaban J connectivity index is 2.03. The second-order valence-electron chi connectivity index (χ2n) is 7.30. The molecule has 8 N–H and O–H groups in total. The van der Waals surface area contributed by atoms with Gasteiger partial charge >= 0.3 is 0 Å². The number of primary amides is 1. The number of amides is 1. The summed E-state index contributed by atoms with van der Waals surface area (Å²) in [6, 6.07) is 3.47. The van der Waals surface area contributed by atoms with Crippen LogP contribution in [0.25, 0.3) is 0 Å². The Morgan fingerprint density at radius 2 is 2.03 bits per heavy atom. The Hall–Kier alpha value is -3.34. The lowest BCUT2D eigenvalue weighted by Gasteiger charge is -2.36. The van der Waals surface area contributed by atoms with Gasteiger partial charge in [-0.1, -0.05) is 6.07 Å². The molecule has 3 rings (SSSR count). The van der Waals surface area contributed by atoms with Crippen LogP contribution in [-0.4, -0.2) is 42.2 Å². The number of benzene rings is 1. The van der Waals surface area contributed by atoms with Gasteiger partial charge in [-0.05, 0) is 31.0 Å². The topological polar surface area (TPSA) is 142 Å². The van der Waals surface area contributed by atoms with Crippen molar-refractivity contribution in [1.82, 2.24) is 4.98 Å². The molecular weight excluding hydrogens is 411 g/mol. The molecule has 11 heteroatoms. The first-order valence-corrected chi connectivity index (χ1v) is 9.66. The summed E-state index contributed by atoms with van der Waals surface area (Å²) in [5.41, 5.74) is 12.4. The number of halogens is 3. The van der Waals surface area contributed by atoms with E-state index in [1.54, 1.807) is 25.2 Å². The van der Waals surface area contributed by atoms with E-state index >= 15 is 0 Å². The van der Waals surface area contributed by atoms with Gasteiger partial charge in [-0.25, -0.2) is 18.2 Å². The third-order valence-corrected chi connectivity index (χ3v) is 5.24. The summed E-state index contributed by atoms with van der Waals surface area (Å²) in [6.07, 6.45) is 1.34. The number of anilines is 4. The smallest absolute Gasteiger partial charge is 0.269 e. The first-order valence-electron chi connectivity index (χ1n) is 9.66. The number of aromatic nitrogens is 1. The van der Waals surface area contributed by atoms with Crippen LogP contribution < -0.4 is 27.4 Å². The number of rotatable bonds is 7. The average Bonchev–Trinajstić information content (AvgIpc) is 2.71. The van der Waals surface area contributed by atoms with Crippen LogP contribution in [0, 0.1) is 11.2 Å². The number of carbonyl (C=O) groups is 1. The molecule has 1 fully saturated rings. The van der Waals surface area contributed by atoms with Crippen LogP contribution in [-0.2, 0) is 0 Å². The van der Waals surface area contributed by atoms with E-state index in [2.05, 4.69) is 20.9 Å². The number of nitrogens with one attached hydrogen (secondary N) is 4. The molecule has 2 aromatic rings. The maximum atomic E-state index is 14.6. The Morgan fingerprint density at radius 1 is 1.32 bits per heavy atom. The molecule has 0 saturated heterocycles. The number of alkyl halides is 2. The van der Waals surface area contributed by atoms with E-state index in [-0.39, 0.29) is 24.2 Å². The molecule has 0 unspecified atom stereocenters. The Morgan fingerprint density at radius 3 is 2.65 bits per heavy atom. The van der Waals surface area contributed by atoms with Gasteiger partial charge in [0.15, 0.2) is 11.6 Å². The van der Waals surface area contributed by atoms with Crippen molar-refractivity contribution in [1.29, 1.82) is 5.41 Å². The molecule has 0 aliphatic heterocycles. The average molecular weight is 435 g/mol. The van der Waals surface area contributed by atoms with Crippen LogP contribution in [0.5, 0.6) is 0 Å². The summed E-state index contributed by atoms with van der Waals surface area (Å²) in [6.45, 7) is 0. The van der Waals surface area contributed by atoms with E-state index in [1.165, 1.54) is 0 Å². The van der Waals surface area contributed by atoms with Gasteiger partial charge in [-0.15, -0.1) is 0 Å². The molecule has 0 radical (unpaired) electrons. The quantitative estimate of drug-likeness (QED) is 0.369. The predicted octanol–water partition coefficient (Wildman–Crippen LogP) is 3.03. The van der Waals surface area contributed by atoms with E-state index in [0.717, 1.165) is 12.3 Å². The highest BCUT2D eigenvalue weighted by molar-refractivity contribution is 6.00. The molecule has 1 aliphatic carbocycles. The Bertz CT molecular complexity index is 999. The highest BCUT2D eigenvalue weighted by Gasteiger charge is 2.46. The van der Waals surface area contributed by atoms with Gasteiger partial charge in [0.2, 0.25) is 0 Å². The maximum Gasteiger partial charge on any atom is 0.269 e. The number of hydrogen-bond donors (Lipinski definition) is 6. The summed E-state index contributed by atoms with van der Waals surface area (Å²) in [5, 5.41) is 15.9. The fourth-order valence-electron chi connectivity index (χ4n) is 3.62. The van der Waals surface area contributed by atoms with Crippen molar-refractivity contribution in [3.05, 3.63) is 41.2 Å². The lowest BCUT2D eigenvalue weighted by Crippen LogP contribution is -2.55. The normalized spacial score (nSPS) is 20.0. The largest absolute Gasteiger partial charge is 0.388 e.